The molecular weight excluding hydrogens is 246 g/mol. The highest BCUT2D eigenvalue weighted by Gasteiger charge is 2.31. The van der Waals surface area contributed by atoms with Crippen molar-refractivity contribution in [1.82, 2.24) is 0 Å². The molecule has 0 saturated heterocycles. The van der Waals surface area contributed by atoms with Gasteiger partial charge >= 0.3 is 0 Å². The van der Waals surface area contributed by atoms with Gasteiger partial charge in [0.1, 0.15) is 14.6 Å². The van der Waals surface area contributed by atoms with Crippen LogP contribution in [0, 0.1) is 0 Å². The molecule has 0 N–H and O–H groups in total. The molecule has 19 heavy (non-hydrogen) atoms. The van der Waals surface area contributed by atoms with Gasteiger partial charge in [-0.05, 0) is 31.2 Å². The molecule has 0 saturated carbocycles. The van der Waals surface area contributed by atoms with Crippen molar-refractivity contribution in [3.63, 3.8) is 0 Å². The molecule has 1 aliphatic heterocycles. The molecule has 1 aliphatic rings. The average molecular weight is 277 g/mol. The van der Waals surface area contributed by atoms with Gasteiger partial charge < -0.3 is 4.48 Å². The van der Waals surface area contributed by atoms with Crippen LogP contribution in [0.3, 0.4) is 0 Å². The zero-order chi connectivity index (χ0) is 13.9. The smallest absolute Gasteiger partial charge is 0.110 e. The lowest BCUT2D eigenvalue weighted by molar-refractivity contribution is -0.913. The van der Waals surface area contributed by atoms with Gasteiger partial charge in [0.25, 0.3) is 0 Å². The minimum Gasteiger partial charge on any atom is -0.326 e. The number of aryl methyl sites for hydroxylation is 1. The SMILES string of the molecule is C[N+]1(C[Si](C)(C)C)CCCCCc2ccccc2C1. The Hall–Kier alpha value is -0.603. The summed E-state index contributed by atoms with van der Waals surface area (Å²) in [5.41, 5.74) is 3.20. The molecule has 0 bridgehead atoms. The highest BCUT2D eigenvalue weighted by molar-refractivity contribution is 6.75. The maximum atomic E-state index is 2.51. The molecule has 1 nitrogen and oxygen atoms in total. The van der Waals surface area contributed by atoms with Crippen LogP contribution in [0.25, 0.3) is 0 Å². The first-order valence-corrected chi connectivity index (χ1v) is 11.5. The van der Waals surface area contributed by atoms with Gasteiger partial charge in [0.2, 0.25) is 0 Å². The lowest BCUT2D eigenvalue weighted by Crippen LogP contribution is -2.53. The number of hydrogen-bond donors (Lipinski definition) is 0. The minimum absolute atomic E-state index is 1.02. The lowest BCUT2D eigenvalue weighted by atomic mass is 10.0. The molecule has 1 atom stereocenters. The molecule has 1 aromatic rings. The largest absolute Gasteiger partial charge is 0.326 e. The summed E-state index contributed by atoms with van der Waals surface area (Å²) in [5, 5.41) is 0. The van der Waals surface area contributed by atoms with Gasteiger partial charge in [-0.2, -0.15) is 0 Å². The Bertz CT molecular complexity index is 422. The van der Waals surface area contributed by atoms with Crippen LogP contribution in [0.5, 0.6) is 0 Å². The van der Waals surface area contributed by atoms with Crippen LogP contribution < -0.4 is 0 Å². The highest BCUT2D eigenvalue weighted by atomic mass is 28.3. The summed E-state index contributed by atoms with van der Waals surface area (Å²) in [6.07, 6.45) is 6.84. The van der Waals surface area contributed by atoms with Crippen LogP contribution in [-0.4, -0.2) is 32.3 Å². The van der Waals surface area contributed by atoms with E-state index in [0.717, 1.165) is 0 Å². The van der Waals surface area contributed by atoms with E-state index in [-0.39, 0.29) is 0 Å². The second-order valence-electron chi connectivity index (χ2n) is 7.80. The Balaban J connectivity index is 2.26. The van der Waals surface area contributed by atoms with Crippen LogP contribution in [0.2, 0.25) is 19.6 Å². The van der Waals surface area contributed by atoms with E-state index in [1.165, 1.54) is 49.4 Å². The number of quaternary nitrogens is 1. The van der Waals surface area contributed by atoms with Gasteiger partial charge in [-0.1, -0.05) is 43.9 Å². The second kappa shape index (κ2) is 5.80. The highest BCUT2D eigenvalue weighted by Crippen LogP contribution is 2.23. The van der Waals surface area contributed by atoms with Crippen molar-refractivity contribution in [3.05, 3.63) is 35.4 Å². The summed E-state index contributed by atoms with van der Waals surface area (Å²) < 4.78 is 1.26. The predicted octanol–water partition coefficient (Wildman–Crippen LogP) is 4.24. The fourth-order valence-electron chi connectivity index (χ4n) is 3.71. The van der Waals surface area contributed by atoms with E-state index in [2.05, 4.69) is 51.0 Å². The van der Waals surface area contributed by atoms with E-state index < -0.39 is 8.07 Å². The van der Waals surface area contributed by atoms with Crippen LogP contribution >= 0.6 is 0 Å². The summed E-state index contributed by atoms with van der Waals surface area (Å²) in [4.78, 5) is 0. The molecule has 0 amide bonds. The van der Waals surface area contributed by atoms with Gasteiger partial charge in [-0.3, -0.25) is 0 Å². The summed E-state index contributed by atoms with van der Waals surface area (Å²) in [7, 11) is 1.47. The molecule has 0 fully saturated rings. The van der Waals surface area contributed by atoms with Crippen molar-refractivity contribution in [2.24, 2.45) is 0 Å². The molecule has 1 aromatic carbocycles. The van der Waals surface area contributed by atoms with E-state index in [4.69, 9.17) is 0 Å². The maximum Gasteiger partial charge on any atom is 0.110 e. The van der Waals surface area contributed by atoms with Crippen molar-refractivity contribution in [1.29, 1.82) is 0 Å². The summed E-state index contributed by atoms with van der Waals surface area (Å²) in [6, 6.07) is 9.13. The Morgan fingerprint density at radius 1 is 1.00 bits per heavy atom. The van der Waals surface area contributed by atoms with E-state index in [1.54, 1.807) is 11.1 Å². The van der Waals surface area contributed by atoms with Crippen LogP contribution in [-0.2, 0) is 13.0 Å². The van der Waals surface area contributed by atoms with Crippen LogP contribution in [0.4, 0.5) is 0 Å². The fourth-order valence-corrected chi connectivity index (χ4v) is 6.27. The van der Waals surface area contributed by atoms with Gasteiger partial charge in [0.05, 0.1) is 19.8 Å². The Morgan fingerprint density at radius 3 is 2.37 bits per heavy atom. The zero-order valence-electron chi connectivity index (χ0n) is 13.2. The van der Waals surface area contributed by atoms with Gasteiger partial charge in [-0.25, -0.2) is 0 Å². The molecule has 2 rings (SSSR count). The summed E-state index contributed by atoms with van der Waals surface area (Å²) in [6.45, 7) is 10.1. The quantitative estimate of drug-likeness (QED) is 0.560. The van der Waals surface area contributed by atoms with Gasteiger partial charge in [-0.15, -0.1) is 0 Å². The van der Waals surface area contributed by atoms with Gasteiger partial charge in [0.15, 0.2) is 0 Å². The topological polar surface area (TPSA) is 0 Å². The van der Waals surface area contributed by atoms with Crippen molar-refractivity contribution in [2.75, 3.05) is 19.8 Å². The molecule has 0 aromatic heterocycles. The third-order valence-corrected chi connectivity index (χ3v) is 5.88. The van der Waals surface area contributed by atoms with Crippen molar-refractivity contribution in [3.8, 4) is 0 Å². The third kappa shape index (κ3) is 4.46. The first-order chi connectivity index (χ1) is 8.88. The average Bonchev–Trinajstić information content (AvgIpc) is 2.34. The lowest BCUT2D eigenvalue weighted by Gasteiger charge is -2.39. The van der Waals surface area contributed by atoms with E-state index in [9.17, 15) is 0 Å². The number of fused-ring (bicyclic) bond motifs is 1. The Kier molecular flexibility index (Phi) is 4.52. The van der Waals surface area contributed by atoms with Gasteiger partial charge in [0, 0.05) is 5.56 Å². The molecule has 2 heteroatoms. The van der Waals surface area contributed by atoms with Crippen molar-refractivity contribution >= 4 is 8.07 Å². The summed E-state index contributed by atoms with van der Waals surface area (Å²) in [5.74, 6) is 0. The van der Waals surface area contributed by atoms with E-state index in [0.29, 0.717) is 0 Å². The number of hydrogen-bond acceptors (Lipinski definition) is 0. The van der Waals surface area contributed by atoms with E-state index >= 15 is 0 Å². The molecule has 1 heterocycles. The van der Waals surface area contributed by atoms with Crippen LogP contribution in [0.15, 0.2) is 24.3 Å². The third-order valence-electron chi connectivity index (χ3n) is 4.17. The summed E-state index contributed by atoms with van der Waals surface area (Å²) >= 11 is 0. The molecule has 1 unspecified atom stereocenters. The molecule has 0 radical (unpaired) electrons. The molecule has 0 spiro atoms. The van der Waals surface area contributed by atoms with Crippen molar-refractivity contribution < 1.29 is 4.48 Å². The number of nitrogens with zero attached hydrogens (tertiary/aromatic N) is 1. The molecule has 0 aliphatic carbocycles. The van der Waals surface area contributed by atoms with Crippen molar-refractivity contribution in [2.45, 2.75) is 51.9 Å². The van der Waals surface area contributed by atoms with E-state index in [1.807, 2.05) is 0 Å². The number of benzene rings is 1. The minimum atomic E-state index is -1.02. The standard InChI is InChI=1S/C17H30NSi/c1-18(15-19(2,3)4)13-9-5-6-10-16-11-7-8-12-17(16)14-18/h7-8,11-12H,5-6,9-10,13-15H2,1-4H3/q+1. The van der Waals surface area contributed by atoms with Crippen LogP contribution in [0.1, 0.15) is 30.4 Å². The Morgan fingerprint density at radius 2 is 1.68 bits per heavy atom. The Labute approximate surface area is 120 Å². The molecule has 106 valence electrons. The first-order valence-electron chi connectivity index (χ1n) is 7.78. The predicted molar refractivity (Wildman–Crippen MR) is 87.0 cm³/mol. The first kappa shape index (κ1) is 14.8. The molecular formula is C17H30NSi+. The number of rotatable bonds is 2. The second-order valence-corrected chi connectivity index (χ2v) is 13.2. The fraction of sp³-hybridized carbons (Fsp3) is 0.647. The normalized spacial score (nSPS) is 25.1. The monoisotopic (exact) mass is 276 g/mol. The maximum absolute atomic E-state index is 2.51. The zero-order valence-corrected chi connectivity index (χ0v) is 14.2.